The third kappa shape index (κ3) is 2.66. The topological polar surface area (TPSA) is 55.1 Å². The smallest absolute Gasteiger partial charge is 0.261 e. The molecular weight excluding hydrogens is 268 g/mol. The van der Waals surface area contributed by atoms with Gasteiger partial charge < -0.3 is 11.1 Å². The van der Waals surface area contributed by atoms with E-state index in [-0.39, 0.29) is 5.91 Å². The number of amides is 1. The van der Waals surface area contributed by atoms with Crippen LogP contribution >= 0.6 is 11.3 Å². The molecule has 1 amide bonds. The summed E-state index contributed by atoms with van der Waals surface area (Å²) in [6, 6.07) is 7.71. The van der Waals surface area contributed by atoms with Crippen LogP contribution < -0.4 is 11.1 Å². The van der Waals surface area contributed by atoms with Crippen LogP contribution in [-0.4, -0.2) is 12.5 Å². The van der Waals surface area contributed by atoms with E-state index in [4.69, 9.17) is 5.73 Å². The van der Waals surface area contributed by atoms with E-state index >= 15 is 0 Å². The average molecular weight is 288 g/mol. The zero-order valence-electron chi connectivity index (χ0n) is 11.7. The Morgan fingerprint density at radius 2 is 2.20 bits per heavy atom. The van der Waals surface area contributed by atoms with Gasteiger partial charge >= 0.3 is 0 Å². The molecule has 0 radical (unpaired) electrons. The van der Waals surface area contributed by atoms with Crippen molar-refractivity contribution in [2.24, 2.45) is 5.41 Å². The fourth-order valence-electron chi connectivity index (χ4n) is 2.75. The summed E-state index contributed by atoms with van der Waals surface area (Å²) in [4.78, 5) is 13.0. The first kappa shape index (κ1) is 13.4. The number of anilines is 1. The molecule has 2 aromatic rings. The van der Waals surface area contributed by atoms with Crippen molar-refractivity contribution in [3.8, 4) is 0 Å². The van der Waals surface area contributed by atoms with E-state index in [0.717, 1.165) is 27.2 Å². The number of carbonyl (C=O) groups is 1. The van der Waals surface area contributed by atoms with Gasteiger partial charge in [-0.15, -0.1) is 11.3 Å². The fraction of sp³-hybridized carbons (Fsp3) is 0.438. The van der Waals surface area contributed by atoms with Crippen LogP contribution in [0.15, 0.2) is 24.3 Å². The van der Waals surface area contributed by atoms with E-state index in [1.807, 2.05) is 24.3 Å². The lowest BCUT2D eigenvalue weighted by Crippen LogP contribution is -2.29. The van der Waals surface area contributed by atoms with E-state index in [9.17, 15) is 4.79 Å². The Labute approximate surface area is 123 Å². The number of hydrogen-bond acceptors (Lipinski definition) is 3. The standard InChI is InChI=1S/C16H20N2OS/c1-2-5-16(6-7-16)10-18-15(19)14-9-11-8-12(17)3-4-13(11)20-14/h3-4,8-9H,2,5-7,10,17H2,1H3,(H,18,19). The molecule has 106 valence electrons. The predicted octanol–water partition coefficient (Wildman–Crippen LogP) is 3.79. The van der Waals surface area contributed by atoms with Crippen LogP contribution in [0.3, 0.4) is 0 Å². The number of benzene rings is 1. The van der Waals surface area contributed by atoms with Gasteiger partial charge in [0.15, 0.2) is 0 Å². The molecule has 0 aliphatic heterocycles. The van der Waals surface area contributed by atoms with Crippen molar-refractivity contribution < 1.29 is 4.79 Å². The number of hydrogen-bond donors (Lipinski definition) is 2. The second-order valence-corrected chi connectivity index (χ2v) is 6.92. The van der Waals surface area contributed by atoms with Gasteiger partial charge in [0.2, 0.25) is 0 Å². The number of fused-ring (bicyclic) bond motifs is 1. The number of carbonyl (C=O) groups excluding carboxylic acids is 1. The summed E-state index contributed by atoms with van der Waals surface area (Å²) in [5.74, 6) is 0.0483. The molecule has 0 bridgehead atoms. The van der Waals surface area contributed by atoms with Gasteiger partial charge in [-0.3, -0.25) is 4.79 Å². The normalized spacial score (nSPS) is 16.2. The van der Waals surface area contributed by atoms with Crippen molar-refractivity contribution in [3.05, 3.63) is 29.1 Å². The second kappa shape index (κ2) is 5.09. The minimum atomic E-state index is 0.0483. The van der Waals surface area contributed by atoms with Crippen molar-refractivity contribution in [1.29, 1.82) is 0 Å². The first-order valence-corrected chi connectivity index (χ1v) is 8.01. The van der Waals surface area contributed by atoms with Gasteiger partial charge in [0.1, 0.15) is 0 Å². The van der Waals surface area contributed by atoms with E-state index in [2.05, 4.69) is 12.2 Å². The van der Waals surface area contributed by atoms with Gasteiger partial charge in [0.25, 0.3) is 5.91 Å². The highest BCUT2D eigenvalue weighted by molar-refractivity contribution is 7.20. The average Bonchev–Trinajstić information content (AvgIpc) is 3.06. The first-order valence-electron chi connectivity index (χ1n) is 7.19. The molecule has 1 fully saturated rings. The van der Waals surface area contributed by atoms with Crippen molar-refractivity contribution in [1.82, 2.24) is 5.32 Å². The SMILES string of the molecule is CCCC1(CNC(=O)c2cc3cc(N)ccc3s2)CC1. The lowest BCUT2D eigenvalue weighted by atomic mass is 10.0. The van der Waals surface area contributed by atoms with Gasteiger partial charge in [-0.2, -0.15) is 0 Å². The summed E-state index contributed by atoms with van der Waals surface area (Å²) in [7, 11) is 0. The Morgan fingerprint density at radius 1 is 1.40 bits per heavy atom. The van der Waals surface area contributed by atoms with Gasteiger partial charge in [0, 0.05) is 16.9 Å². The van der Waals surface area contributed by atoms with Gasteiger partial charge in [-0.25, -0.2) is 0 Å². The van der Waals surface area contributed by atoms with Gasteiger partial charge in [0.05, 0.1) is 4.88 Å². The zero-order valence-corrected chi connectivity index (χ0v) is 12.6. The Kier molecular flexibility index (Phi) is 3.42. The Balaban J connectivity index is 1.69. The quantitative estimate of drug-likeness (QED) is 0.822. The molecule has 0 spiro atoms. The molecule has 0 unspecified atom stereocenters. The van der Waals surface area contributed by atoms with E-state index in [0.29, 0.717) is 5.41 Å². The summed E-state index contributed by atoms with van der Waals surface area (Å²) in [5, 5.41) is 4.15. The molecule has 1 heterocycles. The van der Waals surface area contributed by atoms with Crippen LogP contribution in [0.5, 0.6) is 0 Å². The number of nitrogens with one attached hydrogen (secondary N) is 1. The summed E-state index contributed by atoms with van der Waals surface area (Å²) < 4.78 is 1.11. The molecule has 1 aromatic heterocycles. The second-order valence-electron chi connectivity index (χ2n) is 5.84. The predicted molar refractivity (Wildman–Crippen MR) is 85.1 cm³/mol. The van der Waals surface area contributed by atoms with Gasteiger partial charge in [-0.05, 0) is 54.3 Å². The van der Waals surface area contributed by atoms with E-state index in [1.54, 1.807) is 0 Å². The molecule has 1 aliphatic carbocycles. The molecule has 1 saturated carbocycles. The third-order valence-electron chi connectivity index (χ3n) is 4.13. The van der Waals surface area contributed by atoms with Gasteiger partial charge in [-0.1, -0.05) is 13.3 Å². The van der Waals surface area contributed by atoms with Crippen LogP contribution in [-0.2, 0) is 0 Å². The van der Waals surface area contributed by atoms with Crippen LogP contribution in [0.2, 0.25) is 0 Å². The molecule has 0 atom stereocenters. The highest BCUT2D eigenvalue weighted by Crippen LogP contribution is 2.49. The summed E-state index contributed by atoms with van der Waals surface area (Å²) in [6.45, 7) is 3.02. The van der Waals surface area contributed by atoms with Crippen molar-refractivity contribution in [3.63, 3.8) is 0 Å². The molecule has 3 nitrogen and oxygen atoms in total. The third-order valence-corrected chi connectivity index (χ3v) is 5.24. The molecular formula is C16H20N2OS. The highest BCUT2D eigenvalue weighted by Gasteiger charge is 2.41. The maximum atomic E-state index is 12.2. The van der Waals surface area contributed by atoms with Crippen LogP contribution in [0, 0.1) is 5.41 Å². The lowest BCUT2D eigenvalue weighted by molar-refractivity contribution is 0.0948. The molecule has 1 aliphatic rings. The van der Waals surface area contributed by atoms with Crippen LogP contribution in [0.1, 0.15) is 42.3 Å². The molecule has 3 N–H and O–H groups in total. The van der Waals surface area contributed by atoms with Crippen molar-refractivity contribution in [2.45, 2.75) is 32.6 Å². The monoisotopic (exact) mass is 288 g/mol. The molecule has 0 saturated heterocycles. The van der Waals surface area contributed by atoms with E-state index < -0.39 is 0 Å². The minimum absolute atomic E-state index is 0.0483. The zero-order chi connectivity index (χ0) is 14.2. The minimum Gasteiger partial charge on any atom is -0.399 e. The Bertz CT molecular complexity index is 643. The Morgan fingerprint density at radius 3 is 2.90 bits per heavy atom. The van der Waals surface area contributed by atoms with E-state index in [1.165, 1.54) is 37.0 Å². The summed E-state index contributed by atoms with van der Waals surface area (Å²) in [6.07, 6.45) is 4.92. The molecule has 3 rings (SSSR count). The summed E-state index contributed by atoms with van der Waals surface area (Å²) >= 11 is 1.53. The maximum Gasteiger partial charge on any atom is 0.261 e. The van der Waals surface area contributed by atoms with Crippen LogP contribution in [0.25, 0.3) is 10.1 Å². The number of nitrogen functional groups attached to an aromatic ring is 1. The Hall–Kier alpha value is -1.55. The number of nitrogens with two attached hydrogens (primary N) is 1. The fourth-order valence-corrected chi connectivity index (χ4v) is 3.71. The van der Waals surface area contributed by atoms with Crippen molar-refractivity contribution in [2.75, 3.05) is 12.3 Å². The maximum absolute atomic E-state index is 12.2. The molecule has 1 aromatic carbocycles. The molecule has 4 heteroatoms. The molecule has 20 heavy (non-hydrogen) atoms. The lowest BCUT2D eigenvalue weighted by Gasteiger charge is -2.14. The van der Waals surface area contributed by atoms with Crippen molar-refractivity contribution >= 4 is 33.0 Å². The first-order chi connectivity index (χ1) is 9.62. The van der Waals surface area contributed by atoms with Crippen LogP contribution in [0.4, 0.5) is 5.69 Å². The number of rotatable bonds is 5. The summed E-state index contributed by atoms with van der Waals surface area (Å²) in [5.41, 5.74) is 6.90. The number of thiophene rings is 1. The largest absolute Gasteiger partial charge is 0.399 e. The highest BCUT2D eigenvalue weighted by atomic mass is 32.1.